The molecule has 5 nitrogen and oxygen atoms in total. The van der Waals surface area contributed by atoms with Gasteiger partial charge in [0.2, 0.25) is 0 Å². The van der Waals surface area contributed by atoms with Gasteiger partial charge >= 0.3 is 0 Å². The summed E-state index contributed by atoms with van der Waals surface area (Å²) in [7, 11) is 1.70. The molecule has 2 rings (SSSR count). The van der Waals surface area contributed by atoms with Gasteiger partial charge in [-0.05, 0) is 11.1 Å². The van der Waals surface area contributed by atoms with E-state index < -0.39 is 0 Å². The van der Waals surface area contributed by atoms with Crippen molar-refractivity contribution >= 4 is 0 Å². The Morgan fingerprint density at radius 2 is 2.00 bits per heavy atom. The average molecular weight is 265 g/mol. The van der Waals surface area contributed by atoms with Gasteiger partial charge in [-0.15, -0.1) is 0 Å². The highest BCUT2D eigenvalue weighted by atomic mass is 16.5. The summed E-state index contributed by atoms with van der Waals surface area (Å²) in [6, 6.07) is 8.54. The molecule has 0 bridgehead atoms. The molecule has 1 aliphatic rings. The van der Waals surface area contributed by atoms with Crippen LogP contribution in [-0.4, -0.2) is 45.0 Å². The predicted molar refractivity (Wildman–Crippen MR) is 74.5 cm³/mol. The Hall–Kier alpha value is -0.980. The van der Waals surface area contributed by atoms with E-state index in [1.807, 2.05) is 0 Å². The van der Waals surface area contributed by atoms with Crippen molar-refractivity contribution in [3.05, 3.63) is 35.4 Å². The van der Waals surface area contributed by atoms with Gasteiger partial charge in [-0.3, -0.25) is 0 Å². The summed E-state index contributed by atoms with van der Waals surface area (Å²) in [6.07, 6.45) is 0. The zero-order valence-electron chi connectivity index (χ0n) is 11.5. The van der Waals surface area contributed by atoms with Crippen molar-refractivity contribution in [2.24, 2.45) is 5.73 Å². The van der Waals surface area contributed by atoms with E-state index in [0.29, 0.717) is 13.2 Å². The van der Waals surface area contributed by atoms with Crippen molar-refractivity contribution in [3.8, 4) is 0 Å². The summed E-state index contributed by atoms with van der Waals surface area (Å²) in [5, 5.41) is 2.18. The summed E-state index contributed by atoms with van der Waals surface area (Å²) in [4.78, 5) is 0. The smallest absolute Gasteiger partial charge is 0.0713 e. The first-order valence-corrected chi connectivity index (χ1v) is 6.70. The van der Waals surface area contributed by atoms with Crippen LogP contribution in [-0.2, 0) is 16.1 Å². The number of benzene rings is 1. The van der Waals surface area contributed by atoms with Crippen LogP contribution in [0.2, 0.25) is 0 Å². The third kappa shape index (κ3) is 4.26. The zero-order chi connectivity index (χ0) is 13.5. The molecule has 1 unspecified atom stereocenters. The molecule has 106 valence electrons. The molecule has 1 saturated heterocycles. The first-order chi connectivity index (χ1) is 9.33. The van der Waals surface area contributed by atoms with Gasteiger partial charge in [0.1, 0.15) is 0 Å². The second-order valence-corrected chi connectivity index (χ2v) is 4.69. The molecular formula is C14H23N3O2. The summed E-state index contributed by atoms with van der Waals surface area (Å²) < 4.78 is 10.5. The number of hydrazine groups is 1. The Labute approximate surface area is 114 Å². The van der Waals surface area contributed by atoms with Crippen molar-refractivity contribution in [1.29, 1.82) is 0 Å². The molecule has 1 atom stereocenters. The number of rotatable bonds is 6. The number of methoxy groups -OCH3 is 1. The first kappa shape index (κ1) is 14.4. The molecule has 1 aromatic rings. The molecule has 1 fully saturated rings. The number of nitrogens with two attached hydrogens (primary N) is 1. The number of nitrogens with one attached hydrogen (secondary N) is 1. The Morgan fingerprint density at radius 3 is 2.58 bits per heavy atom. The standard InChI is InChI=1S/C14H23N3O2/c1-18-11-12-2-4-13(5-3-12)14(10-15)16-17-6-8-19-9-7-17/h2-5,14,16H,6-11,15H2,1H3. The monoisotopic (exact) mass is 265 g/mol. The van der Waals surface area contributed by atoms with E-state index in [1.54, 1.807) is 7.11 Å². The second kappa shape index (κ2) is 7.57. The summed E-state index contributed by atoms with van der Waals surface area (Å²) in [6.45, 7) is 4.57. The maximum Gasteiger partial charge on any atom is 0.0713 e. The van der Waals surface area contributed by atoms with E-state index in [-0.39, 0.29) is 6.04 Å². The van der Waals surface area contributed by atoms with Gasteiger partial charge in [-0.1, -0.05) is 24.3 Å². The molecule has 5 heteroatoms. The van der Waals surface area contributed by atoms with Gasteiger partial charge in [-0.25, -0.2) is 10.4 Å². The van der Waals surface area contributed by atoms with E-state index in [1.165, 1.54) is 11.1 Å². The maximum absolute atomic E-state index is 5.87. The minimum Gasteiger partial charge on any atom is -0.380 e. The summed E-state index contributed by atoms with van der Waals surface area (Å²) in [5.74, 6) is 0. The van der Waals surface area contributed by atoms with Crippen molar-refractivity contribution < 1.29 is 9.47 Å². The highest BCUT2D eigenvalue weighted by Gasteiger charge is 2.16. The van der Waals surface area contributed by atoms with Gasteiger partial charge < -0.3 is 15.2 Å². The molecule has 1 aromatic carbocycles. The summed E-state index contributed by atoms with van der Waals surface area (Å²) >= 11 is 0. The molecule has 0 amide bonds. The molecule has 1 heterocycles. The fraction of sp³-hybridized carbons (Fsp3) is 0.571. The van der Waals surface area contributed by atoms with Gasteiger partial charge in [0.25, 0.3) is 0 Å². The fourth-order valence-corrected chi connectivity index (χ4v) is 2.19. The SMILES string of the molecule is COCc1ccc(C(CN)NN2CCOCC2)cc1. The number of ether oxygens (including phenoxy) is 2. The molecule has 0 saturated carbocycles. The highest BCUT2D eigenvalue weighted by molar-refractivity contribution is 5.24. The Balaban J connectivity index is 1.95. The van der Waals surface area contributed by atoms with E-state index in [2.05, 4.69) is 34.7 Å². The minimum atomic E-state index is 0.148. The van der Waals surface area contributed by atoms with Crippen LogP contribution in [0.25, 0.3) is 0 Å². The van der Waals surface area contributed by atoms with Crippen molar-refractivity contribution in [3.63, 3.8) is 0 Å². The Bertz CT molecular complexity index is 363. The molecule has 3 N–H and O–H groups in total. The van der Waals surface area contributed by atoms with Gasteiger partial charge in [0, 0.05) is 26.7 Å². The third-order valence-corrected chi connectivity index (χ3v) is 3.28. The molecule has 0 radical (unpaired) electrons. The van der Waals surface area contributed by atoms with Crippen molar-refractivity contribution in [2.45, 2.75) is 12.6 Å². The molecule has 1 aliphatic heterocycles. The largest absolute Gasteiger partial charge is 0.380 e. The lowest BCUT2D eigenvalue weighted by molar-refractivity contribution is 0.00404. The lowest BCUT2D eigenvalue weighted by Crippen LogP contribution is -2.48. The predicted octanol–water partition coefficient (Wildman–Crippen LogP) is 0.670. The Morgan fingerprint density at radius 1 is 1.32 bits per heavy atom. The van der Waals surface area contributed by atoms with Crippen LogP contribution in [0.4, 0.5) is 0 Å². The van der Waals surface area contributed by atoms with E-state index in [0.717, 1.165) is 26.3 Å². The number of morpholine rings is 1. The van der Waals surface area contributed by atoms with Crippen LogP contribution in [0.5, 0.6) is 0 Å². The maximum atomic E-state index is 5.87. The second-order valence-electron chi connectivity index (χ2n) is 4.69. The molecule has 19 heavy (non-hydrogen) atoms. The fourth-order valence-electron chi connectivity index (χ4n) is 2.19. The lowest BCUT2D eigenvalue weighted by atomic mass is 10.1. The highest BCUT2D eigenvalue weighted by Crippen LogP contribution is 2.14. The van der Waals surface area contributed by atoms with Gasteiger partial charge in [-0.2, -0.15) is 0 Å². The third-order valence-electron chi connectivity index (χ3n) is 3.28. The number of nitrogens with zero attached hydrogens (tertiary/aromatic N) is 1. The first-order valence-electron chi connectivity index (χ1n) is 6.70. The number of hydrogen-bond acceptors (Lipinski definition) is 5. The van der Waals surface area contributed by atoms with Crippen molar-refractivity contribution in [1.82, 2.24) is 10.4 Å². The van der Waals surface area contributed by atoms with Gasteiger partial charge in [0.15, 0.2) is 0 Å². The topological polar surface area (TPSA) is 59.8 Å². The molecule has 0 aromatic heterocycles. The molecule has 0 spiro atoms. The van der Waals surface area contributed by atoms with Crippen LogP contribution in [0.15, 0.2) is 24.3 Å². The van der Waals surface area contributed by atoms with Crippen LogP contribution >= 0.6 is 0 Å². The van der Waals surface area contributed by atoms with E-state index in [9.17, 15) is 0 Å². The quantitative estimate of drug-likeness (QED) is 0.791. The van der Waals surface area contributed by atoms with Crippen LogP contribution in [0.1, 0.15) is 17.2 Å². The molecule has 0 aliphatic carbocycles. The normalized spacial score (nSPS) is 18.4. The molecular weight excluding hydrogens is 242 g/mol. The Kier molecular flexibility index (Phi) is 5.75. The van der Waals surface area contributed by atoms with E-state index >= 15 is 0 Å². The lowest BCUT2D eigenvalue weighted by Gasteiger charge is -2.31. The number of hydrogen-bond donors (Lipinski definition) is 2. The van der Waals surface area contributed by atoms with Crippen LogP contribution in [0.3, 0.4) is 0 Å². The van der Waals surface area contributed by atoms with Crippen molar-refractivity contribution in [2.75, 3.05) is 40.0 Å². The van der Waals surface area contributed by atoms with Crippen LogP contribution in [0, 0.1) is 0 Å². The summed E-state index contributed by atoms with van der Waals surface area (Å²) in [5.41, 5.74) is 11.7. The van der Waals surface area contributed by atoms with Crippen LogP contribution < -0.4 is 11.2 Å². The minimum absolute atomic E-state index is 0.148. The zero-order valence-corrected chi connectivity index (χ0v) is 11.5. The average Bonchev–Trinajstić information content (AvgIpc) is 2.47. The van der Waals surface area contributed by atoms with E-state index in [4.69, 9.17) is 15.2 Å². The van der Waals surface area contributed by atoms with Gasteiger partial charge in [0.05, 0.1) is 25.9 Å².